The third kappa shape index (κ3) is 3.71. The van der Waals surface area contributed by atoms with Crippen molar-refractivity contribution in [2.24, 2.45) is 5.10 Å². The minimum absolute atomic E-state index is 0.126. The van der Waals surface area contributed by atoms with E-state index in [1.807, 2.05) is 12.1 Å². The minimum Gasteiger partial charge on any atom is -0.493 e. The molecule has 8 nitrogen and oxygen atoms in total. The quantitative estimate of drug-likeness (QED) is 0.497. The molecule has 0 fully saturated rings. The van der Waals surface area contributed by atoms with Crippen LogP contribution < -0.4 is 24.4 Å². The van der Waals surface area contributed by atoms with Gasteiger partial charge >= 0.3 is 5.91 Å². The second-order valence-electron chi connectivity index (χ2n) is 5.65. The lowest BCUT2D eigenvalue weighted by atomic mass is 10.2. The summed E-state index contributed by atoms with van der Waals surface area (Å²) in [6, 6.07) is 10.5. The number of hydrogen-bond donors (Lipinski definition) is 1. The molecule has 0 saturated carbocycles. The Morgan fingerprint density at radius 1 is 0.964 bits per heavy atom. The van der Waals surface area contributed by atoms with Crippen LogP contribution in [0.15, 0.2) is 45.9 Å². The van der Waals surface area contributed by atoms with Gasteiger partial charge in [0, 0.05) is 10.9 Å². The zero-order chi connectivity index (χ0) is 20.1. The average Bonchev–Trinajstić information content (AvgIpc) is 3.17. The van der Waals surface area contributed by atoms with Crippen molar-refractivity contribution < 1.29 is 28.2 Å². The monoisotopic (exact) mass is 384 g/mol. The lowest BCUT2D eigenvalue weighted by molar-refractivity contribution is 0.0929. The summed E-state index contributed by atoms with van der Waals surface area (Å²) in [6.07, 6.45) is 1.46. The van der Waals surface area contributed by atoms with E-state index >= 15 is 0 Å². The third-order valence-electron chi connectivity index (χ3n) is 4.02. The van der Waals surface area contributed by atoms with E-state index in [2.05, 4.69) is 10.5 Å². The molecular weight excluding hydrogens is 364 g/mol. The molecular formula is C20H20N2O6. The van der Waals surface area contributed by atoms with Crippen molar-refractivity contribution in [3.63, 3.8) is 0 Å². The van der Waals surface area contributed by atoms with Crippen LogP contribution in [-0.4, -0.2) is 40.6 Å². The van der Waals surface area contributed by atoms with E-state index in [-0.39, 0.29) is 5.76 Å². The first kappa shape index (κ1) is 19.1. The molecule has 0 aliphatic heterocycles. The number of nitrogens with zero attached hydrogens (tertiary/aromatic N) is 1. The maximum absolute atomic E-state index is 12.3. The fourth-order valence-electron chi connectivity index (χ4n) is 2.71. The Morgan fingerprint density at radius 3 is 2.25 bits per heavy atom. The molecule has 146 valence electrons. The van der Waals surface area contributed by atoms with E-state index in [9.17, 15) is 4.79 Å². The van der Waals surface area contributed by atoms with Crippen LogP contribution >= 0.6 is 0 Å². The standard InChI is InChI=1S/C20H20N2O6/c1-24-14-7-5-6-13-10-17(28-18(13)14)20(23)22-21-11-12-8-15(25-2)19(27-4)16(9-12)26-3/h5-11H,1-4H3,(H,22,23)/b21-11-. The predicted molar refractivity (Wildman–Crippen MR) is 104 cm³/mol. The van der Waals surface area contributed by atoms with Gasteiger partial charge in [-0.3, -0.25) is 4.79 Å². The first-order valence-corrected chi connectivity index (χ1v) is 8.31. The first-order valence-electron chi connectivity index (χ1n) is 8.31. The summed E-state index contributed by atoms with van der Waals surface area (Å²) in [5, 5.41) is 4.73. The number of nitrogens with one attached hydrogen (secondary N) is 1. The normalized spacial score (nSPS) is 10.9. The summed E-state index contributed by atoms with van der Waals surface area (Å²) < 4.78 is 26.7. The summed E-state index contributed by atoms with van der Waals surface area (Å²) >= 11 is 0. The van der Waals surface area contributed by atoms with Crippen LogP contribution in [0.1, 0.15) is 16.1 Å². The Balaban J connectivity index is 1.78. The zero-order valence-electron chi connectivity index (χ0n) is 15.9. The number of carbonyl (C=O) groups is 1. The molecule has 0 aliphatic carbocycles. The topological polar surface area (TPSA) is 91.5 Å². The van der Waals surface area contributed by atoms with Gasteiger partial charge in [0.25, 0.3) is 0 Å². The third-order valence-corrected chi connectivity index (χ3v) is 4.02. The van der Waals surface area contributed by atoms with Crippen LogP contribution in [0.25, 0.3) is 11.0 Å². The number of rotatable bonds is 7. The number of hydrogen-bond acceptors (Lipinski definition) is 7. The van der Waals surface area contributed by atoms with Crippen LogP contribution in [0.2, 0.25) is 0 Å². The number of ether oxygens (including phenoxy) is 4. The van der Waals surface area contributed by atoms with Gasteiger partial charge in [0.2, 0.25) is 5.75 Å². The van der Waals surface area contributed by atoms with E-state index in [0.29, 0.717) is 34.1 Å². The zero-order valence-corrected chi connectivity index (χ0v) is 15.9. The molecule has 3 rings (SSSR count). The van der Waals surface area contributed by atoms with Crippen LogP contribution in [0.4, 0.5) is 0 Å². The van der Waals surface area contributed by atoms with Gasteiger partial charge in [-0.25, -0.2) is 5.43 Å². The predicted octanol–water partition coefficient (Wildman–Crippen LogP) is 3.23. The molecule has 3 aromatic rings. The second kappa shape index (κ2) is 8.34. The molecule has 1 N–H and O–H groups in total. The number of furan rings is 1. The largest absolute Gasteiger partial charge is 0.493 e. The van der Waals surface area contributed by atoms with Crippen LogP contribution in [-0.2, 0) is 0 Å². The Labute approximate surface area is 161 Å². The number of methoxy groups -OCH3 is 4. The van der Waals surface area contributed by atoms with Crippen molar-refractivity contribution in [2.75, 3.05) is 28.4 Å². The molecule has 1 heterocycles. The number of carbonyl (C=O) groups excluding carboxylic acids is 1. The highest BCUT2D eigenvalue weighted by Crippen LogP contribution is 2.37. The van der Waals surface area contributed by atoms with Gasteiger partial charge in [-0.2, -0.15) is 5.10 Å². The summed E-state index contributed by atoms with van der Waals surface area (Å²) in [5.74, 6) is 1.64. The second-order valence-corrected chi connectivity index (χ2v) is 5.65. The molecule has 1 amide bonds. The number of benzene rings is 2. The highest BCUT2D eigenvalue weighted by molar-refractivity contribution is 5.97. The van der Waals surface area contributed by atoms with Crippen molar-refractivity contribution in [3.8, 4) is 23.0 Å². The lowest BCUT2D eigenvalue weighted by Gasteiger charge is -2.12. The maximum Gasteiger partial charge on any atom is 0.307 e. The molecule has 0 aliphatic rings. The number of fused-ring (bicyclic) bond motifs is 1. The fraction of sp³-hybridized carbons (Fsp3) is 0.200. The van der Waals surface area contributed by atoms with Crippen molar-refractivity contribution in [1.82, 2.24) is 5.43 Å². The maximum atomic E-state index is 12.3. The van der Waals surface area contributed by atoms with Gasteiger partial charge in [0.05, 0.1) is 34.7 Å². The van der Waals surface area contributed by atoms with Gasteiger partial charge in [-0.15, -0.1) is 0 Å². The van der Waals surface area contributed by atoms with Crippen LogP contribution in [0.3, 0.4) is 0 Å². The SMILES string of the molecule is COc1cc(/C=N\NC(=O)c2cc3cccc(OC)c3o2)cc(OC)c1OC. The molecule has 0 unspecified atom stereocenters. The average molecular weight is 384 g/mol. The number of hydrazone groups is 1. The van der Waals surface area contributed by atoms with Crippen molar-refractivity contribution in [3.05, 3.63) is 47.7 Å². The van der Waals surface area contributed by atoms with Gasteiger partial charge in [-0.05, 0) is 24.3 Å². The van der Waals surface area contributed by atoms with Crippen molar-refractivity contribution in [2.45, 2.75) is 0 Å². The Morgan fingerprint density at radius 2 is 1.64 bits per heavy atom. The summed E-state index contributed by atoms with van der Waals surface area (Å²) in [7, 11) is 6.11. The van der Waals surface area contributed by atoms with E-state index in [1.54, 1.807) is 31.4 Å². The van der Waals surface area contributed by atoms with Gasteiger partial charge in [0.1, 0.15) is 0 Å². The lowest BCUT2D eigenvalue weighted by Crippen LogP contribution is -2.16. The van der Waals surface area contributed by atoms with Gasteiger partial charge in [0.15, 0.2) is 28.6 Å². The Hall–Kier alpha value is -3.68. The van der Waals surface area contributed by atoms with E-state index in [0.717, 1.165) is 5.39 Å². The number of amides is 1. The summed E-state index contributed by atoms with van der Waals surface area (Å²) in [6.45, 7) is 0. The van der Waals surface area contributed by atoms with Gasteiger partial charge < -0.3 is 23.4 Å². The first-order chi connectivity index (χ1) is 13.6. The molecule has 0 bridgehead atoms. The molecule has 0 radical (unpaired) electrons. The van der Waals surface area contributed by atoms with E-state index in [4.69, 9.17) is 23.4 Å². The summed E-state index contributed by atoms with van der Waals surface area (Å²) in [4.78, 5) is 12.3. The molecule has 0 saturated heterocycles. The number of para-hydroxylation sites is 1. The van der Waals surface area contributed by atoms with Crippen LogP contribution in [0, 0.1) is 0 Å². The van der Waals surface area contributed by atoms with Gasteiger partial charge in [-0.1, -0.05) is 12.1 Å². The molecule has 0 atom stereocenters. The minimum atomic E-state index is -0.484. The molecule has 0 spiro atoms. The summed E-state index contributed by atoms with van der Waals surface area (Å²) in [5.41, 5.74) is 3.59. The van der Waals surface area contributed by atoms with E-state index < -0.39 is 5.91 Å². The Bertz CT molecular complexity index is 1000. The molecule has 28 heavy (non-hydrogen) atoms. The smallest absolute Gasteiger partial charge is 0.307 e. The van der Waals surface area contributed by atoms with Crippen molar-refractivity contribution in [1.29, 1.82) is 0 Å². The van der Waals surface area contributed by atoms with E-state index in [1.165, 1.54) is 27.5 Å². The molecule has 2 aromatic carbocycles. The Kier molecular flexibility index (Phi) is 5.69. The molecule has 8 heteroatoms. The molecule has 1 aromatic heterocycles. The van der Waals surface area contributed by atoms with Crippen LogP contribution in [0.5, 0.6) is 23.0 Å². The highest BCUT2D eigenvalue weighted by atomic mass is 16.5. The fourth-order valence-corrected chi connectivity index (χ4v) is 2.71. The highest BCUT2D eigenvalue weighted by Gasteiger charge is 2.15. The van der Waals surface area contributed by atoms with Crippen molar-refractivity contribution >= 4 is 23.1 Å².